The van der Waals surface area contributed by atoms with Gasteiger partial charge in [-0.15, -0.1) is 0 Å². The molecule has 0 spiro atoms. The molecular formula is C11H16N2O3. The number of carbonyl (C=O) groups is 3. The van der Waals surface area contributed by atoms with Crippen LogP contribution in [0.4, 0.5) is 0 Å². The molecule has 0 aromatic heterocycles. The van der Waals surface area contributed by atoms with Gasteiger partial charge >= 0.3 is 0 Å². The fraction of sp³-hybridized carbons (Fsp3) is 0.545. The van der Waals surface area contributed by atoms with Crippen molar-refractivity contribution < 1.29 is 14.4 Å². The maximum atomic E-state index is 11.8. The van der Waals surface area contributed by atoms with Crippen LogP contribution in [0.25, 0.3) is 0 Å². The summed E-state index contributed by atoms with van der Waals surface area (Å²) < 4.78 is 0. The average molecular weight is 224 g/mol. The van der Waals surface area contributed by atoms with Crippen LogP contribution in [0, 0.1) is 5.92 Å². The minimum atomic E-state index is -0.822. The Morgan fingerprint density at radius 1 is 1.31 bits per heavy atom. The highest BCUT2D eigenvalue weighted by Crippen LogP contribution is 2.13. The first-order valence-electron chi connectivity index (χ1n) is 5.25. The molecule has 0 saturated carbocycles. The topological polar surface area (TPSA) is 80.5 Å². The quantitative estimate of drug-likeness (QED) is 0.659. The van der Waals surface area contributed by atoms with E-state index in [1.165, 1.54) is 0 Å². The lowest BCUT2D eigenvalue weighted by Gasteiger charge is -2.24. The summed E-state index contributed by atoms with van der Waals surface area (Å²) >= 11 is 0. The van der Waals surface area contributed by atoms with Crippen LogP contribution in [0.15, 0.2) is 12.2 Å². The third kappa shape index (κ3) is 2.55. The molecule has 88 valence electrons. The first-order chi connectivity index (χ1) is 7.47. The second-order valence-corrected chi connectivity index (χ2v) is 4.20. The van der Waals surface area contributed by atoms with Crippen LogP contribution in [0.2, 0.25) is 0 Å². The van der Waals surface area contributed by atoms with Crippen molar-refractivity contribution in [3.63, 3.8) is 0 Å². The number of amides is 2. The number of imide groups is 1. The molecule has 2 amide bonds. The molecule has 1 aliphatic heterocycles. The third-order valence-corrected chi connectivity index (χ3v) is 2.36. The number of hydrogen-bond donors (Lipinski definition) is 1. The normalized spacial score (nSPS) is 17.4. The fourth-order valence-electron chi connectivity index (χ4n) is 1.64. The van der Waals surface area contributed by atoms with Gasteiger partial charge in [-0.1, -0.05) is 13.8 Å². The first kappa shape index (κ1) is 12.6. The van der Waals surface area contributed by atoms with Gasteiger partial charge in [0, 0.05) is 25.1 Å². The maximum absolute atomic E-state index is 11.8. The van der Waals surface area contributed by atoms with Gasteiger partial charge in [0.15, 0.2) is 5.78 Å². The molecule has 1 heterocycles. The molecular weight excluding hydrogens is 208 g/mol. The van der Waals surface area contributed by atoms with Crippen molar-refractivity contribution >= 4 is 17.6 Å². The molecule has 1 unspecified atom stereocenters. The number of hydrogen-bond acceptors (Lipinski definition) is 4. The predicted molar refractivity (Wildman–Crippen MR) is 58.3 cm³/mol. The van der Waals surface area contributed by atoms with Crippen LogP contribution in [-0.4, -0.2) is 35.1 Å². The van der Waals surface area contributed by atoms with Gasteiger partial charge in [0.1, 0.15) is 6.04 Å². The van der Waals surface area contributed by atoms with Gasteiger partial charge in [0.25, 0.3) is 11.8 Å². The van der Waals surface area contributed by atoms with E-state index >= 15 is 0 Å². The highest BCUT2D eigenvalue weighted by Gasteiger charge is 2.34. The highest BCUT2D eigenvalue weighted by atomic mass is 16.2. The summed E-state index contributed by atoms with van der Waals surface area (Å²) in [5.74, 6) is -0.902. The largest absolute Gasteiger partial charge is 0.328 e. The molecule has 2 N–H and O–H groups in total. The Kier molecular flexibility index (Phi) is 3.95. The lowest BCUT2D eigenvalue weighted by Crippen LogP contribution is -2.49. The number of rotatable bonds is 5. The lowest BCUT2D eigenvalue weighted by molar-refractivity contribution is -0.144. The van der Waals surface area contributed by atoms with E-state index in [1.54, 1.807) is 0 Å². The molecule has 5 heteroatoms. The standard InChI is InChI=1S/C11H16N2O3/c1-7(2)5-9(14)8(6-12)13-10(15)3-4-11(13)16/h3-4,7-8H,5-6,12H2,1-2H3. The van der Waals surface area contributed by atoms with E-state index in [0.29, 0.717) is 6.42 Å². The number of nitrogens with two attached hydrogens (primary N) is 1. The minimum Gasteiger partial charge on any atom is -0.328 e. The van der Waals surface area contributed by atoms with Gasteiger partial charge in [0.2, 0.25) is 0 Å². The van der Waals surface area contributed by atoms with E-state index < -0.39 is 17.9 Å². The summed E-state index contributed by atoms with van der Waals surface area (Å²) in [5, 5.41) is 0. The summed E-state index contributed by atoms with van der Waals surface area (Å²) in [6.07, 6.45) is 2.64. The molecule has 1 rings (SSSR count). The molecule has 1 aliphatic rings. The molecule has 1 atom stereocenters. The molecule has 0 bridgehead atoms. The van der Waals surface area contributed by atoms with Crippen LogP contribution < -0.4 is 5.73 Å². The minimum absolute atomic E-state index is 0.0231. The van der Waals surface area contributed by atoms with Crippen molar-refractivity contribution in [3.05, 3.63) is 12.2 Å². The Bertz CT molecular complexity index is 329. The molecule has 0 fully saturated rings. The van der Waals surface area contributed by atoms with Crippen molar-refractivity contribution in [3.8, 4) is 0 Å². The molecule has 16 heavy (non-hydrogen) atoms. The summed E-state index contributed by atoms with van der Waals surface area (Å²) in [6, 6.07) is -0.822. The fourth-order valence-corrected chi connectivity index (χ4v) is 1.64. The highest BCUT2D eigenvalue weighted by molar-refractivity contribution is 6.15. The molecule has 0 aromatic carbocycles. The predicted octanol–water partition coefficient (Wildman–Crippen LogP) is -0.146. The Labute approximate surface area is 94.3 Å². The van der Waals surface area contributed by atoms with E-state index in [4.69, 9.17) is 5.73 Å². The molecule has 5 nitrogen and oxygen atoms in total. The molecule has 0 aromatic rings. The van der Waals surface area contributed by atoms with E-state index in [2.05, 4.69) is 0 Å². The van der Waals surface area contributed by atoms with Gasteiger partial charge < -0.3 is 5.73 Å². The monoisotopic (exact) mass is 224 g/mol. The van der Waals surface area contributed by atoms with Crippen LogP contribution in [0.1, 0.15) is 20.3 Å². The summed E-state index contributed by atoms with van der Waals surface area (Å²) in [5.41, 5.74) is 5.46. The van der Waals surface area contributed by atoms with E-state index in [9.17, 15) is 14.4 Å². The first-order valence-corrected chi connectivity index (χ1v) is 5.25. The molecule has 0 radical (unpaired) electrons. The van der Waals surface area contributed by atoms with Crippen molar-refractivity contribution in [2.45, 2.75) is 26.3 Å². The van der Waals surface area contributed by atoms with E-state index in [1.807, 2.05) is 13.8 Å². The summed E-state index contributed by atoms with van der Waals surface area (Å²) in [7, 11) is 0. The second-order valence-electron chi connectivity index (χ2n) is 4.20. The number of Topliss-reactive ketones (excluding diaryl/α,β-unsaturated/α-hetero) is 1. The number of nitrogens with zero attached hydrogens (tertiary/aromatic N) is 1. The average Bonchev–Trinajstić information content (AvgIpc) is 2.49. The Balaban J connectivity index is 2.78. The van der Waals surface area contributed by atoms with Gasteiger partial charge in [-0.25, -0.2) is 0 Å². The van der Waals surface area contributed by atoms with Crippen LogP contribution >= 0.6 is 0 Å². The smallest absolute Gasteiger partial charge is 0.254 e. The summed E-state index contributed by atoms with van der Waals surface area (Å²) in [4.78, 5) is 35.5. The van der Waals surface area contributed by atoms with Crippen molar-refractivity contribution in [1.82, 2.24) is 4.90 Å². The maximum Gasteiger partial charge on any atom is 0.254 e. The van der Waals surface area contributed by atoms with E-state index in [-0.39, 0.29) is 18.2 Å². The van der Waals surface area contributed by atoms with Gasteiger partial charge in [-0.05, 0) is 5.92 Å². The zero-order valence-electron chi connectivity index (χ0n) is 9.47. The third-order valence-electron chi connectivity index (χ3n) is 2.36. The van der Waals surface area contributed by atoms with Crippen LogP contribution in [0.5, 0.6) is 0 Å². The molecule has 0 saturated heterocycles. The Hall–Kier alpha value is -1.49. The number of carbonyl (C=O) groups excluding carboxylic acids is 3. The molecule has 0 aliphatic carbocycles. The van der Waals surface area contributed by atoms with Gasteiger partial charge in [-0.2, -0.15) is 0 Å². The number of ketones is 1. The Morgan fingerprint density at radius 3 is 2.19 bits per heavy atom. The van der Waals surface area contributed by atoms with Crippen molar-refractivity contribution in [2.75, 3.05) is 6.54 Å². The second kappa shape index (κ2) is 5.03. The zero-order chi connectivity index (χ0) is 12.3. The summed E-state index contributed by atoms with van der Waals surface area (Å²) in [6.45, 7) is 3.78. The zero-order valence-corrected chi connectivity index (χ0v) is 9.47. The Morgan fingerprint density at radius 2 is 1.81 bits per heavy atom. The SMILES string of the molecule is CC(C)CC(=O)C(CN)N1C(=O)C=CC1=O. The van der Waals surface area contributed by atoms with Crippen LogP contribution in [-0.2, 0) is 14.4 Å². The lowest BCUT2D eigenvalue weighted by atomic mass is 10.0. The van der Waals surface area contributed by atoms with E-state index in [0.717, 1.165) is 17.1 Å². The van der Waals surface area contributed by atoms with Crippen molar-refractivity contribution in [2.24, 2.45) is 11.7 Å². The van der Waals surface area contributed by atoms with Crippen molar-refractivity contribution in [1.29, 1.82) is 0 Å². The van der Waals surface area contributed by atoms with Gasteiger partial charge in [-0.3, -0.25) is 19.3 Å². The van der Waals surface area contributed by atoms with Gasteiger partial charge in [0.05, 0.1) is 0 Å². The van der Waals surface area contributed by atoms with Crippen LogP contribution in [0.3, 0.4) is 0 Å².